The van der Waals surface area contributed by atoms with E-state index in [9.17, 15) is 4.79 Å². The van der Waals surface area contributed by atoms with Gasteiger partial charge in [-0.25, -0.2) is 0 Å². The summed E-state index contributed by atoms with van der Waals surface area (Å²) in [5.41, 5.74) is 0. The average molecular weight is 159 g/mol. The van der Waals surface area contributed by atoms with Crippen LogP contribution in [0.1, 0.15) is 19.8 Å². The number of carbonyl (C=O) groups is 1. The fourth-order valence-electron chi connectivity index (χ4n) is 1.06. The van der Waals surface area contributed by atoms with Crippen LogP contribution in [0.25, 0.3) is 0 Å². The fraction of sp³-hybridized carbons (Fsp3) is 0.857. The van der Waals surface area contributed by atoms with E-state index in [0.717, 1.165) is 12.0 Å². The summed E-state index contributed by atoms with van der Waals surface area (Å²) in [7, 11) is 0. The van der Waals surface area contributed by atoms with Crippen LogP contribution < -0.4 is 5.32 Å². The van der Waals surface area contributed by atoms with Crippen molar-refractivity contribution >= 4 is 18.0 Å². The van der Waals surface area contributed by atoms with E-state index in [1.807, 2.05) is 11.8 Å². The number of hydrogen-bond donors (Lipinski definition) is 1. The van der Waals surface area contributed by atoms with Gasteiger partial charge in [0.15, 0.2) is 0 Å². The van der Waals surface area contributed by atoms with Crippen molar-refractivity contribution in [3.63, 3.8) is 0 Å². The average Bonchev–Trinajstić information content (AvgIpc) is 2.37. The van der Waals surface area contributed by atoms with E-state index in [2.05, 4.69) is 12.2 Å². The van der Waals surface area contributed by atoms with E-state index in [0.29, 0.717) is 5.37 Å². The topological polar surface area (TPSA) is 29.1 Å². The number of rotatable bonds is 3. The van der Waals surface area contributed by atoms with Gasteiger partial charge in [-0.05, 0) is 6.42 Å². The van der Waals surface area contributed by atoms with E-state index < -0.39 is 0 Å². The molecule has 1 aliphatic rings. The van der Waals surface area contributed by atoms with Crippen LogP contribution in [0.4, 0.5) is 0 Å². The first kappa shape index (κ1) is 8.08. The van der Waals surface area contributed by atoms with Crippen LogP contribution in [-0.2, 0) is 4.79 Å². The molecule has 1 saturated heterocycles. The van der Waals surface area contributed by atoms with Crippen LogP contribution in [0.2, 0.25) is 0 Å². The Bertz CT molecular complexity index is 118. The fourth-order valence-corrected chi connectivity index (χ4v) is 2.35. The molecule has 0 bridgehead atoms. The molecule has 0 aromatic rings. The molecular weight excluding hydrogens is 146 g/mol. The summed E-state index contributed by atoms with van der Waals surface area (Å²) in [6.45, 7) is 2.16. The first-order chi connectivity index (χ1) is 4.86. The molecule has 3 heteroatoms. The van der Waals surface area contributed by atoms with Gasteiger partial charge >= 0.3 is 0 Å². The standard InChI is InChI=1S/C7H13NOS/c1-2-3-7-8-6(4-9)5-10-7/h4,6-8H,2-3,5H2,1H3/t6-,7?/m1/s1. The molecule has 0 aromatic heterocycles. The Morgan fingerprint density at radius 1 is 1.80 bits per heavy atom. The second-order valence-electron chi connectivity index (χ2n) is 2.52. The third-order valence-corrected chi connectivity index (χ3v) is 2.92. The van der Waals surface area contributed by atoms with Crippen molar-refractivity contribution in [3.8, 4) is 0 Å². The number of carbonyl (C=O) groups excluding carboxylic acids is 1. The summed E-state index contributed by atoms with van der Waals surface area (Å²) in [4.78, 5) is 10.3. The quantitative estimate of drug-likeness (QED) is 0.623. The van der Waals surface area contributed by atoms with Gasteiger partial charge in [0, 0.05) is 5.75 Å². The van der Waals surface area contributed by atoms with Crippen molar-refractivity contribution in [2.45, 2.75) is 31.2 Å². The summed E-state index contributed by atoms with van der Waals surface area (Å²) in [6, 6.07) is 0.113. The molecule has 1 N–H and O–H groups in total. The maximum Gasteiger partial charge on any atom is 0.137 e. The van der Waals surface area contributed by atoms with Gasteiger partial charge in [0.05, 0.1) is 11.4 Å². The van der Waals surface area contributed by atoms with Gasteiger partial charge in [-0.3, -0.25) is 5.32 Å². The number of aldehydes is 1. The molecule has 10 heavy (non-hydrogen) atoms. The molecule has 0 amide bonds. The van der Waals surface area contributed by atoms with Gasteiger partial charge in [0.25, 0.3) is 0 Å². The Morgan fingerprint density at radius 3 is 3.10 bits per heavy atom. The van der Waals surface area contributed by atoms with Gasteiger partial charge in [0.1, 0.15) is 6.29 Å². The van der Waals surface area contributed by atoms with Gasteiger partial charge in [0.2, 0.25) is 0 Å². The third kappa shape index (κ3) is 1.99. The highest BCUT2D eigenvalue weighted by molar-refractivity contribution is 8.00. The second-order valence-corrected chi connectivity index (χ2v) is 3.76. The monoisotopic (exact) mass is 159 g/mol. The van der Waals surface area contributed by atoms with E-state index in [1.54, 1.807) is 0 Å². The van der Waals surface area contributed by atoms with Crippen molar-refractivity contribution < 1.29 is 4.79 Å². The van der Waals surface area contributed by atoms with E-state index >= 15 is 0 Å². The molecule has 1 fully saturated rings. The maximum absolute atomic E-state index is 10.3. The van der Waals surface area contributed by atoms with Gasteiger partial charge in [-0.1, -0.05) is 13.3 Å². The minimum atomic E-state index is 0.113. The van der Waals surface area contributed by atoms with Crippen LogP contribution in [0, 0.1) is 0 Å². The SMILES string of the molecule is CCCC1N[C@H](C=O)CS1. The maximum atomic E-state index is 10.3. The van der Waals surface area contributed by atoms with Crippen molar-refractivity contribution in [2.24, 2.45) is 0 Å². The summed E-state index contributed by atoms with van der Waals surface area (Å²) in [6.07, 6.45) is 3.37. The lowest BCUT2D eigenvalue weighted by molar-refractivity contribution is -0.109. The summed E-state index contributed by atoms with van der Waals surface area (Å²) >= 11 is 1.86. The minimum Gasteiger partial charge on any atom is -0.302 e. The van der Waals surface area contributed by atoms with Crippen LogP contribution in [0.3, 0.4) is 0 Å². The highest BCUT2D eigenvalue weighted by Crippen LogP contribution is 2.21. The number of nitrogens with one attached hydrogen (secondary N) is 1. The van der Waals surface area contributed by atoms with Gasteiger partial charge in [-0.15, -0.1) is 11.8 Å². The Labute approximate surface area is 65.8 Å². The first-order valence-electron chi connectivity index (χ1n) is 3.69. The summed E-state index contributed by atoms with van der Waals surface area (Å²) in [5.74, 6) is 0.953. The molecule has 0 radical (unpaired) electrons. The van der Waals surface area contributed by atoms with Gasteiger partial charge in [-0.2, -0.15) is 0 Å². The van der Waals surface area contributed by atoms with Crippen LogP contribution in [0.15, 0.2) is 0 Å². The normalized spacial score (nSPS) is 32.5. The number of hydrogen-bond acceptors (Lipinski definition) is 3. The second kappa shape index (κ2) is 3.98. The summed E-state index contributed by atoms with van der Waals surface area (Å²) < 4.78 is 0. The Kier molecular flexibility index (Phi) is 3.22. The molecule has 0 aromatic carbocycles. The lowest BCUT2D eigenvalue weighted by Crippen LogP contribution is -2.30. The predicted octanol–water partition coefficient (Wildman–Crippen LogP) is 1.02. The van der Waals surface area contributed by atoms with Gasteiger partial charge < -0.3 is 4.79 Å². The highest BCUT2D eigenvalue weighted by atomic mass is 32.2. The van der Waals surface area contributed by atoms with E-state index in [4.69, 9.17) is 0 Å². The van der Waals surface area contributed by atoms with Crippen molar-refractivity contribution in [3.05, 3.63) is 0 Å². The highest BCUT2D eigenvalue weighted by Gasteiger charge is 2.22. The molecule has 1 aliphatic heterocycles. The van der Waals surface area contributed by atoms with Crippen molar-refractivity contribution in [1.82, 2.24) is 5.32 Å². The first-order valence-corrected chi connectivity index (χ1v) is 4.74. The zero-order valence-corrected chi connectivity index (χ0v) is 6.99. The minimum absolute atomic E-state index is 0.113. The number of thioether (sulfide) groups is 1. The molecule has 58 valence electrons. The zero-order chi connectivity index (χ0) is 7.40. The predicted molar refractivity (Wildman–Crippen MR) is 44.1 cm³/mol. The smallest absolute Gasteiger partial charge is 0.137 e. The molecule has 1 unspecified atom stereocenters. The Hall–Kier alpha value is -0.0200. The molecule has 1 heterocycles. The summed E-state index contributed by atoms with van der Waals surface area (Å²) in [5, 5.41) is 3.76. The van der Waals surface area contributed by atoms with Crippen molar-refractivity contribution in [1.29, 1.82) is 0 Å². The van der Waals surface area contributed by atoms with Crippen molar-refractivity contribution in [2.75, 3.05) is 5.75 Å². The molecular formula is C7H13NOS. The van der Waals surface area contributed by atoms with E-state index in [-0.39, 0.29) is 6.04 Å². The Morgan fingerprint density at radius 2 is 2.60 bits per heavy atom. The molecule has 1 rings (SSSR count). The van der Waals surface area contributed by atoms with Crippen LogP contribution >= 0.6 is 11.8 Å². The largest absolute Gasteiger partial charge is 0.302 e. The lowest BCUT2D eigenvalue weighted by Gasteiger charge is -2.06. The molecule has 0 aliphatic carbocycles. The zero-order valence-electron chi connectivity index (χ0n) is 6.17. The van der Waals surface area contributed by atoms with Crippen LogP contribution in [0.5, 0.6) is 0 Å². The van der Waals surface area contributed by atoms with Crippen LogP contribution in [-0.4, -0.2) is 23.5 Å². The molecule has 0 saturated carbocycles. The third-order valence-electron chi connectivity index (χ3n) is 1.59. The molecule has 2 atom stereocenters. The lowest BCUT2D eigenvalue weighted by atomic mass is 10.3. The molecule has 2 nitrogen and oxygen atoms in total. The molecule has 0 spiro atoms. The van der Waals surface area contributed by atoms with E-state index in [1.165, 1.54) is 12.8 Å². The Balaban J connectivity index is 2.21.